The first-order valence-corrected chi connectivity index (χ1v) is 5.75. The van der Waals surface area contributed by atoms with Gasteiger partial charge in [0, 0.05) is 45.5 Å². The maximum Gasteiger partial charge on any atom is 0.330 e. The predicted molar refractivity (Wildman–Crippen MR) is 63.2 cm³/mol. The summed E-state index contributed by atoms with van der Waals surface area (Å²) >= 11 is 0. The van der Waals surface area contributed by atoms with Crippen LogP contribution >= 0.6 is 0 Å². The number of rotatable bonds is 3. The second kappa shape index (κ2) is 5.29. The van der Waals surface area contributed by atoms with E-state index in [0.717, 1.165) is 26.3 Å². The summed E-state index contributed by atoms with van der Waals surface area (Å²) in [7, 11) is 1.65. The molecule has 0 radical (unpaired) electrons. The molecular weight excluding hydrogens is 222 g/mol. The van der Waals surface area contributed by atoms with Gasteiger partial charge in [-0.2, -0.15) is 0 Å². The van der Waals surface area contributed by atoms with E-state index in [1.54, 1.807) is 7.05 Å². The molecule has 17 heavy (non-hydrogen) atoms. The van der Waals surface area contributed by atoms with Crippen molar-refractivity contribution in [1.29, 1.82) is 0 Å². The van der Waals surface area contributed by atoms with Gasteiger partial charge in [0.05, 0.1) is 13.2 Å². The molecule has 2 heterocycles. The Morgan fingerprint density at radius 2 is 1.94 bits per heavy atom. The van der Waals surface area contributed by atoms with Gasteiger partial charge >= 0.3 is 5.69 Å². The molecule has 0 bridgehead atoms. The number of nitrogens with zero attached hydrogens (tertiary/aromatic N) is 3. The van der Waals surface area contributed by atoms with E-state index in [9.17, 15) is 9.59 Å². The molecule has 1 aromatic rings. The van der Waals surface area contributed by atoms with E-state index in [1.807, 2.05) is 0 Å². The minimum absolute atomic E-state index is 0.235. The maximum atomic E-state index is 11.7. The third-order valence-corrected chi connectivity index (χ3v) is 2.98. The zero-order chi connectivity index (χ0) is 12.3. The zero-order valence-corrected chi connectivity index (χ0v) is 9.96. The normalized spacial score (nSPS) is 17.2. The summed E-state index contributed by atoms with van der Waals surface area (Å²) in [5.41, 5.74) is -0.493. The van der Waals surface area contributed by atoms with Crippen LogP contribution in [0, 0.1) is 0 Å². The van der Waals surface area contributed by atoms with Crippen molar-refractivity contribution in [2.75, 3.05) is 32.8 Å². The second-order valence-electron chi connectivity index (χ2n) is 4.15. The number of aromatic nitrogens is 2. The molecular formula is C11H17N3O3. The zero-order valence-electron chi connectivity index (χ0n) is 9.96. The summed E-state index contributed by atoms with van der Waals surface area (Å²) in [5.74, 6) is 0. The van der Waals surface area contributed by atoms with Crippen molar-refractivity contribution in [1.82, 2.24) is 14.0 Å². The third kappa shape index (κ3) is 2.83. The molecule has 0 amide bonds. The van der Waals surface area contributed by atoms with Crippen LogP contribution in [-0.4, -0.2) is 46.9 Å². The summed E-state index contributed by atoms with van der Waals surface area (Å²) in [6.45, 7) is 4.32. The Bertz CT molecular complexity index is 485. The molecule has 0 aromatic carbocycles. The van der Waals surface area contributed by atoms with Crippen molar-refractivity contribution < 1.29 is 4.74 Å². The molecule has 1 aromatic heterocycles. The van der Waals surface area contributed by atoms with Crippen molar-refractivity contribution in [3.05, 3.63) is 33.1 Å². The maximum absolute atomic E-state index is 11.7. The Labute approximate surface area is 99.0 Å². The molecule has 1 aliphatic heterocycles. The number of morpholine rings is 1. The molecule has 0 N–H and O–H groups in total. The van der Waals surface area contributed by atoms with Crippen molar-refractivity contribution in [3.8, 4) is 0 Å². The standard InChI is InChI=1S/C11H17N3O3/c1-12-3-2-10(15)14(11(12)16)5-4-13-6-8-17-9-7-13/h2-3H,4-9H2,1H3. The Hall–Kier alpha value is -1.40. The molecule has 0 saturated carbocycles. The summed E-state index contributed by atoms with van der Waals surface area (Å²) in [6.07, 6.45) is 1.50. The lowest BCUT2D eigenvalue weighted by Gasteiger charge is -2.26. The van der Waals surface area contributed by atoms with E-state index in [0.29, 0.717) is 13.1 Å². The number of hydrogen-bond donors (Lipinski definition) is 0. The van der Waals surface area contributed by atoms with E-state index < -0.39 is 0 Å². The molecule has 6 heteroatoms. The average Bonchev–Trinajstić information content (AvgIpc) is 2.35. The first-order chi connectivity index (χ1) is 8.18. The first-order valence-electron chi connectivity index (χ1n) is 5.75. The number of hydrogen-bond acceptors (Lipinski definition) is 4. The van der Waals surface area contributed by atoms with Gasteiger partial charge in [0.15, 0.2) is 0 Å². The van der Waals surface area contributed by atoms with Crippen LogP contribution in [0.25, 0.3) is 0 Å². The molecule has 1 fully saturated rings. The fourth-order valence-corrected chi connectivity index (χ4v) is 1.89. The fourth-order valence-electron chi connectivity index (χ4n) is 1.89. The molecule has 94 valence electrons. The lowest BCUT2D eigenvalue weighted by atomic mass is 10.4. The Kier molecular flexibility index (Phi) is 3.75. The Balaban J connectivity index is 2.06. The quantitative estimate of drug-likeness (QED) is 0.670. The van der Waals surface area contributed by atoms with Gasteiger partial charge in [-0.3, -0.25) is 14.3 Å². The summed E-state index contributed by atoms with van der Waals surface area (Å²) in [5, 5.41) is 0. The summed E-state index contributed by atoms with van der Waals surface area (Å²) in [4.78, 5) is 25.5. The minimum Gasteiger partial charge on any atom is -0.379 e. The third-order valence-electron chi connectivity index (χ3n) is 2.98. The highest BCUT2D eigenvalue weighted by atomic mass is 16.5. The Morgan fingerprint density at radius 3 is 2.65 bits per heavy atom. The average molecular weight is 239 g/mol. The van der Waals surface area contributed by atoms with Crippen LogP contribution in [0.1, 0.15) is 0 Å². The second-order valence-corrected chi connectivity index (χ2v) is 4.15. The lowest BCUT2D eigenvalue weighted by Crippen LogP contribution is -2.43. The largest absolute Gasteiger partial charge is 0.379 e. The molecule has 0 aliphatic carbocycles. The minimum atomic E-state index is -0.259. The topological polar surface area (TPSA) is 56.5 Å². The van der Waals surface area contributed by atoms with Crippen LogP contribution in [0.4, 0.5) is 0 Å². The van der Waals surface area contributed by atoms with Gasteiger partial charge in [0.2, 0.25) is 0 Å². The van der Waals surface area contributed by atoms with Crippen LogP contribution in [0.3, 0.4) is 0 Å². The smallest absolute Gasteiger partial charge is 0.330 e. The van der Waals surface area contributed by atoms with E-state index >= 15 is 0 Å². The lowest BCUT2D eigenvalue weighted by molar-refractivity contribution is 0.0361. The van der Waals surface area contributed by atoms with E-state index in [4.69, 9.17) is 4.74 Å². The molecule has 6 nitrogen and oxygen atoms in total. The van der Waals surface area contributed by atoms with Gasteiger partial charge in [-0.1, -0.05) is 0 Å². The van der Waals surface area contributed by atoms with Gasteiger partial charge in [-0.05, 0) is 0 Å². The molecule has 1 aliphatic rings. The van der Waals surface area contributed by atoms with Gasteiger partial charge in [0.25, 0.3) is 5.56 Å². The van der Waals surface area contributed by atoms with Crippen molar-refractivity contribution in [2.45, 2.75) is 6.54 Å². The molecule has 0 atom stereocenters. The van der Waals surface area contributed by atoms with E-state index in [2.05, 4.69) is 4.90 Å². The predicted octanol–water partition coefficient (Wildman–Crippen LogP) is -1.12. The Morgan fingerprint density at radius 1 is 1.24 bits per heavy atom. The highest BCUT2D eigenvalue weighted by molar-refractivity contribution is 4.85. The first kappa shape index (κ1) is 12.1. The van der Waals surface area contributed by atoms with Gasteiger partial charge in [-0.15, -0.1) is 0 Å². The fraction of sp³-hybridized carbons (Fsp3) is 0.636. The molecule has 1 saturated heterocycles. The molecule has 2 rings (SSSR count). The van der Waals surface area contributed by atoms with Crippen LogP contribution in [0.2, 0.25) is 0 Å². The van der Waals surface area contributed by atoms with Crippen molar-refractivity contribution >= 4 is 0 Å². The van der Waals surface area contributed by atoms with Crippen molar-refractivity contribution in [3.63, 3.8) is 0 Å². The highest BCUT2D eigenvalue weighted by Gasteiger charge is 2.11. The van der Waals surface area contributed by atoms with Crippen LogP contribution < -0.4 is 11.2 Å². The summed E-state index contributed by atoms with van der Waals surface area (Å²) < 4.78 is 7.93. The summed E-state index contributed by atoms with van der Waals surface area (Å²) in [6, 6.07) is 1.42. The van der Waals surface area contributed by atoms with Gasteiger partial charge in [0.1, 0.15) is 0 Å². The van der Waals surface area contributed by atoms with Gasteiger partial charge < -0.3 is 9.30 Å². The van der Waals surface area contributed by atoms with Crippen LogP contribution in [0.5, 0.6) is 0 Å². The van der Waals surface area contributed by atoms with Crippen LogP contribution in [0.15, 0.2) is 21.9 Å². The van der Waals surface area contributed by atoms with Crippen LogP contribution in [-0.2, 0) is 18.3 Å². The molecule has 0 unspecified atom stereocenters. The van der Waals surface area contributed by atoms with Gasteiger partial charge in [-0.25, -0.2) is 4.79 Å². The number of aryl methyl sites for hydroxylation is 1. The SMILES string of the molecule is Cn1ccc(=O)n(CCN2CCOCC2)c1=O. The number of ether oxygens (including phenoxy) is 1. The van der Waals surface area contributed by atoms with E-state index in [1.165, 1.54) is 21.4 Å². The highest BCUT2D eigenvalue weighted by Crippen LogP contribution is 1.95. The van der Waals surface area contributed by atoms with Crippen molar-refractivity contribution in [2.24, 2.45) is 7.05 Å². The molecule has 0 spiro atoms. The monoisotopic (exact) mass is 239 g/mol. The van der Waals surface area contributed by atoms with E-state index in [-0.39, 0.29) is 11.2 Å².